The molecule has 2 rings (SSSR count). The van der Waals surface area contributed by atoms with E-state index >= 15 is 0 Å². The Labute approximate surface area is 86.2 Å². The van der Waals surface area contributed by atoms with Crippen molar-refractivity contribution in [3.05, 3.63) is 28.2 Å². The predicted molar refractivity (Wildman–Crippen MR) is 56.0 cm³/mol. The highest BCUT2D eigenvalue weighted by Gasteiger charge is 2.36. The number of benzene rings is 1. The molecule has 1 aliphatic carbocycles. The fourth-order valence-electron chi connectivity index (χ4n) is 1.56. The van der Waals surface area contributed by atoms with Crippen molar-refractivity contribution in [1.29, 1.82) is 0 Å². The van der Waals surface area contributed by atoms with Crippen molar-refractivity contribution in [2.45, 2.75) is 18.4 Å². The van der Waals surface area contributed by atoms with Gasteiger partial charge in [0, 0.05) is 16.4 Å². The molecule has 13 heavy (non-hydrogen) atoms. The van der Waals surface area contributed by atoms with Crippen molar-refractivity contribution in [1.82, 2.24) is 0 Å². The SMILES string of the molecule is COc1cc(Br)ccc1C1CC1N. The van der Waals surface area contributed by atoms with Crippen LogP contribution in [0.1, 0.15) is 17.9 Å². The van der Waals surface area contributed by atoms with Gasteiger partial charge in [-0.05, 0) is 24.1 Å². The van der Waals surface area contributed by atoms with Crippen LogP contribution in [0, 0.1) is 0 Å². The average molecular weight is 242 g/mol. The smallest absolute Gasteiger partial charge is 0.123 e. The number of hydrogen-bond donors (Lipinski definition) is 1. The minimum absolute atomic E-state index is 0.329. The maximum Gasteiger partial charge on any atom is 0.123 e. The summed E-state index contributed by atoms with van der Waals surface area (Å²) in [4.78, 5) is 0. The van der Waals surface area contributed by atoms with Crippen LogP contribution in [0.5, 0.6) is 5.75 Å². The number of ether oxygens (including phenoxy) is 1. The van der Waals surface area contributed by atoms with Crippen molar-refractivity contribution in [2.24, 2.45) is 5.73 Å². The minimum atomic E-state index is 0.329. The van der Waals surface area contributed by atoms with Crippen LogP contribution in [0.25, 0.3) is 0 Å². The molecule has 0 radical (unpaired) electrons. The molecule has 70 valence electrons. The predicted octanol–water partition coefficient (Wildman–Crippen LogP) is 2.27. The maximum atomic E-state index is 5.79. The van der Waals surface area contributed by atoms with Crippen LogP contribution in [0.3, 0.4) is 0 Å². The van der Waals surface area contributed by atoms with Gasteiger partial charge >= 0.3 is 0 Å². The van der Waals surface area contributed by atoms with Crippen LogP contribution in [0.15, 0.2) is 22.7 Å². The third-order valence-corrected chi connectivity index (χ3v) is 2.93. The van der Waals surface area contributed by atoms with Gasteiger partial charge in [0.25, 0.3) is 0 Å². The summed E-state index contributed by atoms with van der Waals surface area (Å²) in [7, 11) is 1.69. The van der Waals surface area contributed by atoms with Crippen LogP contribution in [0.2, 0.25) is 0 Å². The second kappa shape index (κ2) is 3.31. The molecule has 1 fully saturated rings. The molecule has 1 saturated carbocycles. The summed E-state index contributed by atoms with van der Waals surface area (Å²) < 4.78 is 6.33. The monoisotopic (exact) mass is 241 g/mol. The van der Waals surface area contributed by atoms with Crippen LogP contribution >= 0.6 is 15.9 Å². The number of rotatable bonds is 2. The zero-order valence-corrected chi connectivity index (χ0v) is 9.04. The fraction of sp³-hybridized carbons (Fsp3) is 0.400. The zero-order chi connectivity index (χ0) is 9.42. The molecule has 1 aromatic rings. The molecule has 1 aromatic carbocycles. The van der Waals surface area contributed by atoms with E-state index in [1.54, 1.807) is 7.11 Å². The summed E-state index contributed by atoms with van der Waals surface area (Å²) >= 11 is 3.41. The number of methoxy groups -OCH3 is 1. The Balaban J connectivity index is 2.34. The van der Waals surface area contributed by atoms with Crippen LogP contribution in [0.4, 0.5) is 0 Å². The van der Waals surface area contributed by atoms with E-state index in [0.717, 1.165) is 16.6 Å². The Hall–Kier alpha value is -0.540. The minimum Gasteiger partial charge on any atom is -0.496 e. The van der Waals surface area contributed by atoms with E-state index in [0.29, 0.717) is 12.0 Å². The molecular weight excluding hydrogens is 230 g/mol. The summed E-state index contributed by atoms with van der Waals surface area (Å²) in [5.41, 5.74) is 7.03. The van der Waals surface area contributed by atoms with Crippen molar-refractivity contribution >= 4 is 15.9 Å². The second-order valence-corrected chi connectivity index (χ2v) is 4.31. The van der Waals surface area contributed by atoms with Gasteiger partial charge in [0.15, 0.2) is 0 Å². The van der Waals surface area contributed by atoms with Gasteiger partial charge in [-0.15, -0.1) is 0 Å². The molecular formula is C10H12BrNO. The molecule has 2 unspecified atom stereocenters. The van der Waals surface area contributed by atoms with Gasteiger partial charge < -0.3 is 10.5 Å². The van der Waals surface area contributed by atoms with Gasteiger partial charge in [0.1, 0.15) is 5.75 Å². The quantitative estimate of drug-likeness (QED) is 0.863. The molecule has 0 bridgehead atoms. The lowest BCUT2D eigenvalue weighted by molar-refractivity contribution is 0.409. The molecule has 0 amide bonds. The molecule has 2 N–H and O–H groups in total. The Kier molecular flexibility index (Phi) is 2.30. The molecule has 0 heterocycles. The van der Waals surface area contributed by atoms with Crippen molar-refractivity contribution in [2.75, 3.05) is 7.11 Å². The van der Waals surface area contributed by atoms with E-state index in [-0.39, 0.29) is 0 Å². The summed E-state index contributed by atoms with van der Waals surface area (Å²) in [5, 5.41) is 0. The molecule has 3 heteroatoms. The van der Waals surface area contributed by atoms with Crippen LogP contribution < -0.4 is 10.5 Å². The van der Waals surface area contributed by atoms with Crippen LogP contribution in [-0.2, 0) is 0 Å². The van der Waals surface area contributed by atoms with E-state index in [2.05, 4.69) is 22.0 Å². The number of hydrogen-bond acceptors (Lipinski definition) is 2. The van der Waals surface area contributed by atoms with Crippen molar-refractivity contribution < 1.29 is 4.74 Å². The normalized spacial score (nSPS) is 25.8. The van der Waals surface area contributed by atoms with Gasteiger partial charge in [0.05, 0.1) is 7.11 Å². The summed E-state index contributed by atoms with van der Waals surface area (Å²) in [6, 6.07) is 6.43. The molecule has 0 saturated heterocycles. The van der Waals surface area contributed by atoms with E-state index in [1.807, 2.05) is 12.1 Å². The first-order valence-corrected chi connectivity index (χ1v) is 5.10. The van der Waals surface area contributed by atoms with Crippen LogP contribution in [-0.4, -0.2) is 13.2 Å². The first-order valence-electron chi connectivity index (χ1n) is 4.31. The zero-order valence-electron chi connectivity index (χ0n) is 7.46. The highest BCUT2D eigenvalue weighted by atomic mass is 79.9. The third kappa shape index (κ3) is 1.71. The molecule has 2 nitrogen and oxygen atoms in total. The Morgan fingerprint density at radius 3 is 2.77 bits per heavy atom. The Bertz CT molecular complexity index is 327. The summed E-state index contributed by atoms with van der Waals surface area (Å²) in [6.07, 6.45) is 1.08. The van der Waals surface area contributed by atoms with Gasteiger partial charge in [-0.2, -0.15) is 0 Å². The first kappa shape index (κ1) is 9.03. The topological polar surface area (TPSA) is 35.2 Å². The Morgan fingerprint density at radius 1 is 1.54 bits per heavy atom. The lowest BCUT2D eigenvalue weighted by Gasteiger charge is -2.07. The highest BCUT2D eigenvalue weighted by Crippen LogP contribution is 2.43. The molecule has 0 aliphatic heterocycles. The number of halogens is 1. The summed E-state index contributed by atoms with van der Waals surface area (Å²) in [6.45, 7) is 0. The van der Waals surface area contributed by atoms with E-state index < -0.39 is 0 Å². The van der Waals surface area contributed by atoms with E-state index in [4.69, 9.17) is 10.5 Å². The molecule has 1 aliphatic rings. The third-order valence-electron chi connectivity index (χ3n) is 2.43. The van der Waals surface area contributed by atoms with Gasteiger partial charge in [-0.25, -0.2) is 0 Å². The number of nitrogens with two attached hydrogens (primary N) is 1. The van der Waals surface area contributed by atoms with Crippen molar-refractivity contribution in [3.63, 3.8) is 0 Å². The van der Waals surface area contributed by atoms with E-state index in [9.17, 15) is 0 Å². The first-order chi connectivity index (χ1) is 6.22. The van der Waals surface area contributed by atoms with Gasteiger partial charge in [0.2, 0.25) is 0 Å². The van der Waals surface area contributed by atoms with Gasteiger partial charge in [-0.3, -0.25) is 0 Å². The molecule has 0 spiro atoms. The lowest BCUT2D eigenvalue weighted by atomic mass is 10.1. The lowest BCUT2D eigenvalue weighted by Crippen LogP contribution is -2.02. The molecule has 2 atom stereocenters. The standard InChI is InChI=1S/C10H12BrNO/c1-13-10-4-6(11)2-3-7(10)8-5-9(8)12/h2-4,8-9H,5,12H2,1H3. The molecule has 0 aromatic heterocycles. The van der Waals surface area contributed by atoms with Gasteiger partial charge in [-0.1, -0.05) is 22.0 Å². The van der Waals surface area contributed by atoms with E-state index in [1.165, 1.54) is 5.56 Å². The Morgan fingerprint density at radius 2 is 2.23 bits per heavy atom. The fourth-order valence-corrected chi connectivity index (χ4v) is 1.90. The highest BCUT2D eigenvalue weighted by molar-refractivity contribution is 9.10. The second-order valence-electron chi connectivity index (χ2n) is 3.39. The average Bonchev–Trinajstić information content (AvgIpc) is 2.82. The van der Waals surface area contributed by atoms with Crippen molar-refractivity contribution in [3.8, 4) is 5.75 Å². The maximum absolute atomic E-state index is 5.79. The summed E-state index contributed by atoms with van der Waals surface area (Å²) in [5.74, 6) is 1.44. The largest absolute Gasteiger partial charge is 0.496 e.